The van der Waals surface area contributed by atoms with Crippen LogP contribution in [-0.2, 0) is 4.79 Å². The lowest BCUT2D eigenvalue weighted by Gasteiger charge is -2.33. The van der Waals surface area contributed by atoms with Crippen LogP contribution in [0, 0.1) is 11.8 Å². The van der Waals surface area contributed by atoms with Crippen LogP contribution in [0.15, 0.2) is 0 Å². The average molecular weight is 198 g/mol. The smallest absolute Gasteiger partial charge is 0.224 e. The Morgan fingerprint density at radius 3 is 2.79 bits per heavy atom. The zero-order chi connectivity index (χ0) is 10.6. The molecule has 1 saturated carbocycles. The molecule has 0 spiro atoms. The monoisotopic (exact) mass is 198 g/mol. The highest BCUT2D eigenvalue weighted by molar-refractivity contribution is 5.79. The first-order valence-corrected chi connectivity index (χ1v) is 5.70. The van der Waals surface area contributed by atoms with Crippen LogP contribution in [0.3, 0.4) is 0 Å². The van der Waals surface area contributed by atoms with Crippen molar-refractivity contribution in [3.63, 3.8) is 0 Å². The lowest BCUT2D eigenvalue weighted by Crippen LogP contribution is -2.47. The predicted octanol–water partition coefficient (Wildman–Crippen LogP) is 1.28. The predicted molar refractivity (Wildman–Crippen MR) is 57.8 cm³/mol. The molecule has 0 radical (unpaired) electrons. The molecule has 3 nitrogen and oxygen atoms in total. The molecule has 1 amide bonds. The highest BCUT2D eigenvalue weighted by atomic mass is 16.1. The van der Waals surface area contributed by atoms with Crippen molar-refractivity contribution in [1.29, 1.82) is 0 Å². The van der Waals surface area contributed by atoms with Crippen molar-refractivity contribution in [3.8, 4) is 0 Å². The van der Waals surface area contributed by atoms with E-state index in [4.69, 9.17) is 5.73 Å². The van der Waals surface area contributed by atoms with Gasteiger partial charge in [-0.3, -0.25) is 4.79 Å². The van der Waals surface area contributed by atoms with E-state index in [1.807, 2.05) is 0 Å². The van der Waals surface area contributed by atoms with Crippen LogP contribution in [0.25, 0.3) is 0 Å². The molecule has 3 heteroatoms. The minimum absolute atomic E-state index is 0.0373. The molecular weight excluding hydrogens is 176 g/mol. The summed E-state index contributed by atoms with van der Waals surface area (Å²) in [6.07, 6.45) is 4.29. The van der Waals surface area contributed by atoms with Crippen LogP contribution >= 0.6 is 0 Å². The first kappa shape index (κ1) is 11.5. The molecule has 3 atom stereocenters. The van der Waals surface area contributed by atoms with Gasteiger partial charge in [-0.05, 0) is 25.2 Å². The van der Waals surface area contributed by atoms with Crippen molar-refractivity contribution in [2.75, 3.05) is 6.54 Å². The average Bonchev–Trinajstić information content (AvgIpc) is 2.14. The number of rotatable bonds is 3. The zero-order valence-corrected chi connectivity index (χ0v) is 9.25. The number of hydrogen-bond donors (Lipinski definition) is 2. The van der Waals surface area contributed by atoms with Crippen LogP contribution in [0.5, 0.6) is 0 Å². The van der Waals surface area contributed by atoms with E-state index in [9.17, 15) is 4.79 Å². The van der Waals surface area contributed by atoms with Crippen molar-refractivity contribution < 1.29 is 4.79 Å². The third kappa shape index (κ3) is 2.71. The second-order valence-corrected chi connectivity index (χ2v) is 4.39. The molecule has 1 fully saturated rings. The van der Waals surface area contributed by atoms with Crippen molar-refractivity contribution in [1.82, 2.24) is 5.32 Å². The third-order valence-corrected chi connectivity index (χ3v) is 3.12. The highest BCUT2D eigenvalue weighted by Crippen LogP contribution is 2.28. The number of amides is 1. The van der Waals surface area contributed by atoms with Crippen molar-refractivity contribution >= 4 is 5.91 Å². The van der Waals surface area contributed by atoms with Gasteiger partial charge in [0.2, 0.25) is 5.91 Å². The SMILES string of the molecule is CCCNC(=O)C1C(C)CCCC1N. The Kier molecular flexibility index (Phi) is 4.39. The van der Waals surface area contributed by atoms with Gasteiger partial charge in [0.15, 0.2) is 0 Å². The van der Waals surface area contributed by atoms with E-state index >= 15 is 0 Å². The Morgan fingerprint density at radius 2 is 2.21 bits per heavy atom. The van der Waals surface area contributed by atoms with Crippen LogP contribution in [0.2, 0.25) is 0 Å². The van der Waals surface area contributed by atoms with Gasteiger partial charge in [0.1, 0.15) is 0 Å². The Hall–Kier alpha value is -0.570. The van der Waals surface area contributed by atoms with Gasteiger partial charge in [0.25, 0.3) is 0 Å². The van der Waals surface area contributed by atoms with E-state index in [1.165, 1.54) is 6.42 Å². The summed E-state index contributed by atoms with van der Waals surface area (Å²) in [5, 5.41) is 2.94. The number of carbonyl (C=O) groups is 1. The number of hydrogen-bond acceptors (Lipinski definition) is 2. The quantitative estimate of drug-likeness (QED) is 0.717. The van der Waals surface area contributed by atoms with Crippen LogP contribution < -0.4 is 11.1 Å². The Morgan fingerprint density at radius 1 is 1.50 bits per heavy atom. The maximum atomic E-state index is 11.8. The summed E-state index contributed by atoms with van der Waals surface area (Å²) in [6, 6.07) is 0.0654. The third-order valence-electron chi connectivity index (χ3n) is 3.12. The lowest BCUT2D eigenvalue weighted by molar-refractivity contribution is -0.128. The summed E-state index contributed by atoms with van der Waals surface area (Å²) in [4.78, 5) is 11.8. The second-order valence-electron chi connectivity index (χ2n) is 4.39. The molecule has 3 N–H and O–H groups in total. The second kappa shape index (κ2) is 5.35. The van der Waals surface area contributed by atoms with Crippen LogP contribution in [0.4, 0.5) is 0 Å². The molecular formula is C11H22N2O. The standard InChI is InChI=1S/C11H22N2O/c1-3-7-13-11(14)10-8(2)5-4-6-9(10)12/h8-10H,3-7,12H2,1-2H3,(H,13,14). The van der Waals surface area contributed by atoms with Gasteiger partial charge >= 0.3 is 0 Å². The first-order chi connectivity index (χ1) is 6.66. The molecule has 0 heterocycles. The van der Waals surface area contributed by atoms with Crippen molar-refractivity contribution in [3.05, 3.63) is 0 Å². The molecule has 0 aromatic carbocycles. The topological polar surface area (TPSA) is 55.1 Å². The van der Waals surface area contributed by atoms with Crippen LogP contribution in [-0.4, -0.2) is 18.5 Å². The Labute approximate surface area is 86.4 Å². The molecule has 0 saturated heterocycles. The van der Waals surface area contributed by atoms with Gasteiger partial charge in [0.05, 0.1) is 5.92 Å². The van der Waals surface area contributed by atoms with Crippen LogP contribution in [0.1, 0.15) is 39.5 Å². The van der Waals surface area contributed by atoms with Gasteiger partial charge < -0.3 is 11.1 Å². The fourth-order valence-corrected chi connectivity index (χ4v) is 2.28. The Balaban J connectivity index is 2.49. The maximum absolute atomic E-state index is 11.8. The molecule has 0 aliphatic heterocycles. The van der Waals surface area contributed by atoms with Gasteiger partial charge in [-0.2, -0.15) is 0 Å². The summed E-state index contributed by atoms with van der Waals surface area (Å²) >= 11 is 0. The molecule has 82 valence electrons. The number of carbonyl (C=O) groups excluding carboxylic acids is 1. The van der Waals surface area contributed by atoms with Gasteiger partial charge in [0, 0.05) is 12.6 Å². The molecule has 1 rings (SSSR count). The molecule has 3 unspecified atom stereocenters. The first-order valence-electron chi connectivity index (χ1n) is 5.70. The van der Waals surface area contributed by atoms with E-state index in [0.717, 1.165) is 25.8 Å². The summed E-state index contributed by atoms with van der Waals surface area (Å²) in [5.41, 5.74) is 5.98. The largest absolute Gasteiger partial charge is 0.356 e. The lowest BCUT2D eigenvalue weighted by atomic mass is 9.76. The van der Waals surface area contributed by atoms with E-state index in [-0.39, 0.29) is 17.9 Å². The van der Waals surface area contributed by atoms with E-state index < -0.39 is 0 Å². The fourth-order valence-electron chi connectivity index (χ4n) is 2.28. The van der Waals surface area contributed by atoms with Gasteiger partial charge in [-0.1, -0.05) is 20.3 Å². The molecule has 1 aliphatic carbocycles. The van der Waals surface area contributed by atoms with Crippen molar-refractivity contribution in [2.45, 2.75) is 45.6 Å². The summed E-state index contributed by atoms with van der Waals surface area (Å²) in [6.45, 7) is 4.97. The van der Waals surface area contributed by atoms with Gasteiger partial charge in [-0.15, -0.1) is 0 Å². The minimum Gasteiger partial charge on any atom is -0.356 e. The maximum Gasteiger partial charge on any atom is 0.224 e. The zero-order valence-electron chi connectivity index (χ0n) is 9.25. The summed E-state index contributed by atoms with van der Waals surface area (Å²) < 4.78 is 0. The van der Waals surface area contributed by atoms with Gasteiger partial charge in [-0.25, -0.2) is 0 Å². The molecule has 0 aromatic rings. The van der Waals surface area contributed by atoms with E-state index in [1.54, 1.807) is 0 Å². The normalized spacial score (nSPS) is 32.6. The van der Waals surface area contributed by atoms with E-state index in [0.29, 0.717) is 5.92 Å². The highest BCUT2D eigenvalue weighted by Gasteiger charge is 2.33. The Bertz CT molecular complexity index is 184. The minimum atomic E-state index is 0.0373. The molecule has 14 heavy (non-hydrogen) atoms. The van der Waals surface area contributed by atoms with E-state index in [2.05, 4.69) is 19.2 Å². The van der Waals surface area contributed by atoms with Crippen molar-refractivity contribution in [2.24, 2.45) is 17.6 Å². The summed E-state index contributed by atoms with van der Waals surface area (Å²) in [7, 11) is 0. The molecule has 1 aliphatic rings. The molecule has 0 bridgehead atoms. The molecule has 0 aromatic heterocycles. The summed E-state index contributed by atoms with van der Waals surface area (Å²) in [5.74, 6) is 0.637. The number of nitrogens with two attached hydrogens (primary N) is 1. The number of nitrogens with one attached hydrogen (secondary N) is 1. The fraction of sp³-hybridized carbons (Fsp3) is 0.909.